The van der Waals surface area contributed by atoms with E-state index in [1.807, 2.05) is 42.5 Å². The average molecular weight is 299 g/mol. The molecular weight excluding hydrogens is 285 g/mol. The van der Waals surface area contributed by atoms with Crippen LogP contribution in [0.5, 0.6) is 0 Å². The zero-order valence-electron chi connectivity index (χ0n) is 11.2. The topological polar surface area (TPSA) is 50.4 Å². The van der Waals surface area contributed by atoms with E-state index in [9.17, 15) is 4.39 Å². The van der Waals surface area contributed by atoms with Crippen molar-refractivity contribution in [1.29, 1.82) is 0 Å². The molecule has 3 nitrogen and oxygen atoms in total. The molecule has 0 spiro atoms. The van der Waals surface area contributed by atoms with Crippen molar-refractivity contribution in [2.24, 2.45) is 10.8 Å². The third-order valence-corrected chi connectivity index (χ3v) is 2.75. The van der Waals surface area contributed by atoms with E-state index in [1.54, 1.807) is 12.1 Å². The van der Waals surface area contributed by atoms with Gasteiger partial charge in [-0.05, 0) is 48.1 Å². The van der Waals surface area contributed by atoms with Crippen molar-refractivity contribution < 1.29 is 4.39 Å². The molecule has 0 aromatic heterocycles. The van der Waals surface area contributed by atoms with Crippen LogP contribution >= 0.6 is 12.2 Å². The number of halogens is 1. The van der Waals surface area contributed by atoms with Crippen LogP contribution in [0, 0.1) is 5.82 Å². The fraction of sp³-hybridized carbons (Fsp3) is 0. The van der Waals surface area contributed by atoms with Crippen LogP contribution in [0.1, 0.15) is 11.1 Å². The predicted molar refractivity (Wildman–Crippen MR) is 88.3 cm³/mol. The lowest BCUT2D eigenvalue weighted by Gasteiger charge is -2.03. The maximum atomic E-state index is 13.0. The van der Waals surface area contributed by atoms with Gasteiger partial charge in [-0.25, -0.2) is 4.39 Å². The Labute approximate surface area is 128 Å². The number of nitrogens with zero attached hydrogens (tertiary/aromatic N) is 1. The molecule has 3 N–H and O–H groups in total. The summed E-state index contributed by atoms with van der Waals surface area (Å²) in [6, 6.07) is 15.8. The van der Waals surface area contributed by atoms with Gasteiger partial charge in [-0.15, -0.1) is 0 Å². The first kappa shape index (κ1) is 14.9. The minimum Gasteiger partial charge on any atom is -0.375 e. The molecule has 0 heterocycles. The van der Waals surface area contributed by atoms with Gasteiger partial charge in [0.1, 0.15) is 5.82 Å². The van der Waals surface area contributed by atoms with Gasteiger partial charge in [-0.2, -0.15) is 5.10 Å². The fourth-order valence-corrected chi connectivity index (χ4v) is 1.72. The van der Waals surface area contributed by atoms with Crippen molar-refractivity contribution in [3.05, 3.63) is 77.6 Å². The largest absolute Gasteiger partial charge is 0.375 e. The number of benzene rings is 2. The summed E-state index contributed by atoms with van der Waals surface area (Å²) in [7, 11) is 0. The Bertz CT molecular complexity index is 664. The van der Waals surface area contributed by atoms with Gasteiger partial charge >= 0.3 is 0 Å². The highest BCUT2D eigenvalue weighted by Crippen LogP contribution is 2.08. The Morgan fingerprint density at radius 2 is 1.76 bits per heavy atom. The molecule has 0 saturated heterocycles. The summed E-state index contributed by atoms with van der Waals surface area (Å²) in [6.07, 6.45) is 3.72. The van der Waals surface area contributed by atoms with Crippen molar-refractivity contribution in [2.75, 3.05) is 0 Å². The molecule has 5 heteroatoms. The number of nitrogens with two attached hydrogens (primary N) is 1. The van der Waals surface area contributed by atoms with Gasteiger partial charge in [0, 0.05) is 5.56 Å². The van der Waals surface area contributed by atoms with Gasteiger partial charge < -0.3 is 5.73 Å². The summed E-state index contributed by atoms with van der Waals surface area (Å²) in [6.45, 7) is 0. The molecule has 21 heavy (non-hydrogen) atoms. The van der Waals surface area contributed by atoms with E-state index in [0.29, 0.717) is 5.71 Å². The fourth-order valence-electron chi connectivity index (χ4n) is 1.67. The Hall–Kier alpha value is -2.53. The second kappa shape index (κ2) is 7.31. The van der Waals surface area contributed by atoms with E-state index in [1.165, 1.54) is 12.1 Å². The van der Waals surface area contributed by atoms with Crippen LogP contribution in [0.4, 0.5) is 4.39 Å². The lowest BCUT2D eigenvalue weighted by molar-refractivity contribution is 0.628. The van der Waals surface area contributed by atoms with E-state index in [2.05, 4.69) is 10.5 Å². The normalized spacial score (nSPS) is 11.6. The van der Waals surface area contributed by atoms with Crippen molar-refractivity contribution in [1.82, 2.24) is 5.43 Å². The van der Waals surface area contributed by atoms with Crippen LogP contribution in [0.3, 0.4) is 0 Å². The van der Waals surface area contributed by atoms with Crippen molar-refractivity contribution in [3.8, 4) is 0 Å². The molecule has 106 valence electrons. The van der Waals surface area contributed by atoms with Crippen molar-refractivity contribution >= 4 is 29.1 Å². The molecule has 0 atom stereocenters. The van der Waals surface area contributed by atoms with Crippen LogP contribution in [-0.2, 0) is 0 Å². The summed E-state index contributed by atoms with van der Waals surface area (Å²) in [5.41, 5.74) is 10.3. The predicted octanol–water partition coefficient (Wildman–Crippen LogP) is 3.08. The third-order valence-electron chi connectivity index (χ3n) is 2.66. The average Bonchev–Trinajstić information content (AvgIpc) is 2.49. The van der Waals surface area contributed by atoms with E-state index < -0.39 is 0 Å². The van der Waals surface area contributed by atoms with Gasteiger partial charge in [0.25, 0.3) is 0 Å². The van der Waals surface area contributed by atoms with Gasteiger partial charge in [0.05, 0.1) is 5.71 Å². The van der Waals surface area contributed by atoms with Crippen LogP contribution in [-0.4, -0.2) is 10.8 Å². The van der Waals surface area contributed by atoms with Crippen LogP contribution in [0.2, 0.25) is 0 Å². The number of allylic oxidation sites excluding steroid dienone is 1. The summed E-state index contributed by atoms with van der Waals surface area (Å²) in [4.78, 5) is 0. The van der Waals surface area contributed by atoms with Gasteiger partial charge in [0.2, 0.25) is 0 Å². The van der Waals surface area contributed by atoms with Crippen LogP contribution < -0.4 is 11.2 Å². The molecule has 0 unspecified atom stereocenters. The molecule has 2 aromatic rings. The van der Waals surface area contributed by atoms with Crippen LogP contribution in [0.25, 0.3) is 6.08 Å². The van der Waals surface area contributed by atoms with E-state index >= 15 is 0 Å². The number of rotatable bonds is 4. The zero-order valence-corrected chi connectivity index (χ0v) is 12.0. The highest BCUT2D eigenvalue weighted by molar-refractivity contribution is 7.80. The molecule has 0 aliphatic heterocycles. The number of hydrazone groups is 1. The smallest absolute Gasteiger partial charge is 0.184 e. The standard InChI is InChI=1S/C16H14FN3S/c17-14-9-7-13(8-10-14)15(19-20-16(18)21)11-6-12-4-2-1-3-5-12/h1-11H,(H3,18,20,21)/b11-6+,19-15+. The molecule has 0 bridgehead atoms. The quantitative estimate of drug-likeness (QED) is 0.518. The molecule has 0 aliphatic carbocycles. The Balaban J connectivity index is 2.28. The lowest BCUT2D eigenvalue weighted by Crippen LogP contribution is -2.25. The van der Waals surface area contributed by atoms with E-state index in [-0.39, 0.29) is 10.9 Å². The number of hydrogen-bond acceptors (Lipinski definition) is 2. The summed E-state index contributed by atoms with van der Waals surface area (Å²) in [5.74, 6) is -0.299. The molecular formula is C16H14FN3S. The number of nitrogens with one attached hydrogen (secondary N) is 1. The first-order chi connectivity index (χ1) is 10.1. The Kier molecular flexibility index (Phi) is 5.17. The first-order valence-corrected chi connectivity index (χ1v) is 6.68. The Morgan fingerprint density at radius 1 is 1.10 bits per heavy atom. The molecule has 0 saturated carbocycles. The lowest BCUT2D eigenvalue weighted by atomic mass is 10.1. The molecule has 2 rings (SSSR count). The minimum atomic E-state index is -0.299. The number of hydrogen-bond donors (Lipinski definition) is 2. The minimum absolute atomic E-state index is 0.0720. The van der Waals surface area contributed by atoms with Crippen molar-refractivity contribution in [3.63, 3.8) is 0 Å². The zero-order chi connectivity index (χ0) is 15.1. The first-order valence-electron chi connectivity index (χ1n) is 6.27. The second-order valence-corrected chi connectivity index (χ2v) is 4.66. The van der Waals surface area contributed by atoms with Crippen molar-refractivity contribution in [2.45, 2.75) is 0 Å². The highest BCUT2D eigenvalue weighted by Gasteiger charge is 2.01. The second-order valence-electron chi connectivity index (χ2n) is 4.22. The third kappa shape index (κ3) is 4.81. The SMILES string of the molecule is NC(=S)N/N=C(\C=C\c1ccccc1)c1ccc(F)cc1. The molecule has 0 amide bonds. The molecule has 0 fully saturated rings. The molecule has 2 aromatic carbocycles. The number of thiocarbonyl (C=S) groups is 1. The maximum Gasteiger partial charge on any atom is 0.184 e. The summed E-state index contributed by atoms with van der Waals surface area (Å²) in [5, 5.41) is 4.20. The van der Waals surface area contributed by atoms with Gasteiger partial charge in [-0.3, -0.25) is 5.43 Å². The van der Waals surface area contributed by atoms with E-state index in [4.69, 9.17) is 18.0 Å². The molecule has 0 aliphatic rings. The van der Waals surface area contributed by atoms with E-state index in [0.717, 1.165) is 11.1 Å². The Morgan fingerprint density at radius 3 is 2.38 bits per heavy atom. The van der Waals surface area contributed by atoms with Gasteiger partial charge in [-0.1, -0.05) is 36.4 Å². The van der Waals surface area contributed by atoms with Gasteiger partial charge in [0.15, 0.2) is 5.11 Å². The summed E-state index contributed by atoms with van der Waals surface area (Å²) >= 11 is 4.74. The molecule has 0 radical (unpaired) electrons. The maximum absolute atomic E-state index is 13.0. The monoisotopic (exact) mass is 299 g/mol. The van der Waals surface area contributed by atoms with Crippen LogP contribution in [0.15, 0.2) is 65.8 Å². The summed E-state index contributed by atoms with van der Waals surface area (Å²) < 4.78 is 13.0. The highest BCUT2D eigenvalue weighted by atomic mass is 32.1.